The van der Waals surface area contributed by atoms with E-state index in [1.165, 1.54) is 0 Å². The molecule has 1 fully saturated rings. The van der Waals surface area contributed by atoms with Gasteiger partial charge in [0.2, 0.25) is 5.91 Å². The minimum atomic E-state index is -0.143. The van der Waals surface area contributed by atoms with E-state index in [9.17, 15) is 9.59 Å². The van der Waals surface area contributed by atoms with Crippen LogP contribution in [0.3, 0.4) is 0 Å². The molecular formula is C18H25N3O4. The second kappa shape index (κ2) is 7.63. The van der Waals surface area contributed by atoms with Crippen LogP contribution < -0.4 is 14.8 Å². The zero-order valence-electron chi connectivity index (χ0n) is 14.8. The lowest BCUT2D eigenvalue weighted by molar-refractivity contribution is -0.128. The molecule has 0 aromatic heterocycles. The fraction of sp³-hybridized carbons (Fsp3) is 0.556. The Kier molecular flexibility index (Phi) is 5.31. The highest BCUT2D eigenvalue weighted by molar-refractivity contribution is 5.75. The lowest BCUT2D eigenvalue weighted by atomic mass is 10.1. The van der Waals surface area contributed by atoms with Gasteiger partial charge in [0, 0.05) is 33.1 Å². The standard InChI is InChI=1S/C18H25N3O4/c1-13(15-4-5-16-17(12-15)25-11-10-24-16)19-18(23)21-7-3-6-20(8-9-21)14(2)22/h4-5,12-13H,3,6-11H2,1-2H3,(H,19,23). The lowest BCUT2D eigenvalue weighted by Crippen LogP contribution is -2.43. The summed E-state index contributed by atoms with van der Waals surface area (Å²) in [6.07, 6.45) is 0.797. The van der Waals surface area contributed by atoms with Crippen molar-refractivity contribution >= 4 is 11.9 Å². The summed E-state index contributed by atoms with van der Waals surface area (Å²) in [7, 11) is 0. The second-order valence-corrected chi connectivity index (χ2v) is 6.42. The minimum absolute atomic E-state index is 0.0619. The van der Waals surface area contributed by atoms with Crippen LogP contribution in [0.5, 0.6) is 11.5 Å². The summed E-state index contributed by atoms with van der Waals surface area (Å²) in [6, 6.07) is 5.49. The molecule has 2 aliphatic heterocycles. The number of fused-ring (bicyclic) bond motifs is 1. The van der Waals surface area contributed by atoms with Gasteiger partial charge in [-0.1, -0.05) is 6.07 Å². The van der Waals surface area contributed by atoms with E-state index in [2.05, 4.69) is 5.32 Å². The van der Waals surface area contributed by atoms with Crippen molar-refractivity contribution in [3.63, 3.8) is 0 Å². The summed E-state index contributed by atoms with van der Waals surface area (Å²) < 4.78 is 11.1. The molecule has 0 radical (unpaired) electrons. The number of ether oxygens (including phenoxy) is 2. The molecular weight excluding hydrogens is 322 g/mol. The van der Waals surface area contributed by atoms with Gasteiger partial charge < -0.3 is 24.6 Å². The molecule has 3 amide bonds. The summed E-state index contributed by atoms with van der Waals surface area (Å²) in [5, 5.41) is 3.03. The predicted molar refractivity (Wildman–Crippen MR) is 92.8 cm³/mol. The quantitative estimate of drug-likeness (QED) is 0.885. The molecule has 0 aliphatic carbocycles. The number of carbonyl (C=O) groups excluding carboxylic acids is 2. The van der Waals surface area contributed by atoms with Gasteiger partial charge in [0.25, 0.3) is 0 Å². The summed E-state index contributed by atoms with van der Waals surface area (Å²) >= 11 is 0. The maximum Gasteiger partial charge on any atom is 0.317 e. The van der Waals surface area contributed by atoms with Gasteiger partial charge in [0.05, 0.1) is 6.04 Å². The zero-order chi connectivity index (χ0) is 17.8. The van der Waals surface area contributed by atoms with Gasteiger partial charge in [-0.05, 0) is 31.0 Å². The second-order valence-electron chi connectivity index (χ2n) is 6.42. The number of urea groups is 1. The van der Waals surface area contributed by atoms with Crippen molar-refractivity contribution < 1.29 is 19.1 Å². The highest BCUT2D eigenvalue weighted by atomic mass is 16.6. The van der Waals surface area contributed by atoms with Crippen molar-refractivity contribution in [2.45, 2.75) is 26.3 Å². The monoisotopic (exact) mass is 347 g/mol. The van der Waals surface area contributed by atoms with Gasteiger partial charge in [-0.3, -0.25) is 4.79 Å². The number of rotatable bonds is 2. The first-order chi connectivity index (χ1) is 12.0. The van der Waals surface area contributed by atoms with E-state index in [-0.39, 0.29) is 18.0 Å². The minimum Gasteiger partial charge on any atom is -0.486 e. The van der Waals surface area contributed by atoms with E-state index < -0.39 is 0 Å². The Morgan fingerprint density at radius 1 is 1.04 bits per heavy atom. The van der Waals surface area contributed by atoms with E-state index in [1.54, 1.807) is 16.7 Å². The first kappa shape index (κ1) is 17.4. The van der Waals surface area contributed by atoms with Crippen LogP contribution >= 0.6 is 0 Å². The first-order valence-corrected chi connectivity index (χ1v) is 8.75. The molecule has 1 aromatic carbocycles. The molecule has 2 aliphatic rings. The van der Waals surface area contributed by atoms with Crippen molar-refractivity contribution in [1.82, 2.24) is 15.1 Å². The topological polar surface area (TPSA) is 71.1 Å². The maximum atomic E-state index is 12.6. The van der Waals surface area contributed by atoms with Crippen LogP contribution in [0.4, 0.5) is 4.79 Å². The highest BCUT2D eigenvalue weighted by Gasteiger charge is 2.22. The van der Waals surface area contributed by atoms with Crippen LogP contribution in [-0.2, 0) is 4.79 Å². The van der Waals surface area contributed by atoms with Gasteiger partial charge >= 0.3 is 6.03 Å². The van der Waals surface area contributed by atoms with E-state index in [1.807, 2.05) is 25.1 Å². The van der Waals surface area contributed by atoms with Crippen LogP contribution in [0.15, 0.2) is 18.2 Å². The van der Waals surface area contributed by atoms with Gasteiger partial charge in [-0.25, -0.2) is 4.79 Å². The predicted octanol–water partition coefficient (Wildman–Crippen LogP) is 1.78. The average molecular weight is 347 g/mol. The number of benzene rings is 1. The summed E-state index contributed by atoms with van der Waals surface area (Å²) in [4.78, 5) is 27.6. The zero-order valence-corrected chi connectivity index (χ0v) is 14.8. The number of carbonyl (C=O) groups is 2. The van der Waals surface area contributed by atoms with Crippen molar-refractivity contribution in [2.24, 2.45) is 0 Å². The molecule has 1 atom stereocenters. The van der Waals surface area contributed by atoms with Crippen molar-refractivity contribution in [2.75, 3.05) is 39.4 Å². The fourth-order valence-corrected chi connectivity index (χ4v) is 3.12. The Labute approximate surface area is 147 Å². The maximum absolute atomic E-state index is 12.6. The molecule has 136 valence electrons. The molecule has 25 heavy (non-hydrogen) atoms. The molecule has 7 heteroatoms. The molecule has 1 saturated heterocycles. The smallest absolute Gasteiger partial charge is 0.317 e. The average Bonchev–Trinajstić information content (AvgIpc) is 2.87. The van der Waals surface area contributed by atoms with Crippen molar-refractivity contribution in [3.05, 3.63) is 23.8 Å². The number of hydrogen-bond donors (Lipinski definition) is 1. The normalized spacial score (nSPS) is 18.3. The molecule has 1 N–H and O–H groups in total. The van der Waals surface area contributed by atoms with Crippen molar-refractivity contribution in [3.8, 4) is 11.5 Å². The molecule has 0 bridgehead atoms. The molecule has 2 heterocycles. The van der Waals surface area contributed by atoms with Gasteiger partial charge in [0.1, 0.15) is 13.2 Å². The van der Waals surface area contributed by atoms with Crippen LogP contribution in [0.1, 0.15) is 31.9 Å². The van der Waals surface area contributed by atoms with Crippen LogP contribution in [-0.4, -0.2) is 61.1 Å². The number of amides is 3. The summed E-state index contributed by atoms with van der Waals surface area (Å²) in [5.74, 6) is 1.52. The number of hydrogen-bond acceptors (Lipinski definition) is 4. The lowest BCUT2D eigenvalue weighted by Gasteiger charge is -2.25. The third-order valence-corrected chi connectivity index (χ3v) is 4.63. The molecule has 0 spiro atoms. The van der Waals surface area contributed by atoms with Crippen LogP contribution in [0.2, 0.25) is 0 Å². The largest absolute Gasteiger partial charge is 0.486 e. The van der Waals surface area contributed by atoms with Gasteiger partial charge in [-0.2, -0.15) is 0 Å². The van der Waals surface area contributed by atoms with Crippen LogP contribution in [0.25, 0.3) is 0 Å². The first-order valence-electron chi connectivity index (χ1n) is 8.75. The van der Waals surface area contributed by atoms with Gasteiger partial charge in [-0.15, -0.1) is 0 Å². The highest BCUT2D eigenvalue weighted by Crippen LogP contribution is 2.32. The fourth-order valence-electron chi connectivity index (χ4n) is 3.12. The molecule has 1 unspecified atom stereocenters. The number of nitrogens with zero attached hydrogens (tertiary/aromatic N) is 2. The van der Waals surface area contributed by atoms with E-state index >= 15 is 0 Å². The summed E-state index contributed by atoms with van der Waals surface area (Å²) in [6.45, 7) is 7.12. The molecule has 7 nitrogen and oxygen atoms in total. The van der Waals surface area contributed by atoms with E-state index in [0.29, 0.717) is 39.4 Å². The molecule has 0 saturated carbocycles. The molecule has 1 aromatic rings. The third kappa shape index (κ3) is 4.15. The Balaban J connectivity index is 1.59. The summed E-state index contributed by atoms with van der Waals surface area (Å²) in [5.41, 5.74) is 0.970. The van der Waals surface area contributed by atoms with E-state index in [4.69, 9.17) is 9.47 Å². The Morgan fingerprint density at radius 3 is 2.48 bits per heavy atom. The number of nitrogens with one attached hydrogen (secondary N) is 1. The SMILES string of the molecule is CC(=O)N1CCCN(C(=O)NC(C)c2ccc3c(c2)OCCO3)CC1. The third-order valence-electron chi connectivity index (χ3n) is 4.63. The molecule has 3 rings (SSSR count). The van der Waals surface area contributed by atoms with Crippen molar-refractivity contribution in [1.29, 1.82) is 0 Å². The van der Waals surface area contributed by atoms with Gasteiger partial charge in [0.15, 0.2) is 11.5 Å². The van der Waals surface area contributed by atoms with Crippen LogP contribution in [0, 0.1) is 0 Å². The Bertz CT molecular complexity index is 649. The van der Waals surface area contributed by atoms with E-state index in [0.717, 1.165) is 23.5 Å². The Morgan fingerprint density at radius 2 is 1.72 bits per heavy atom. The Hall–Kier alpha value is -2.44.